The first-order valence-electron chi connectivity index (χ1n) is 7.53. The van der Waals surface area contributed by atoms with Crippen molar-refractivity contribution in [2.75, 3.05) is 13.7 Å². The molecule has 0 atom stereocenters. The second-order valence-electron chi connectivity index (χ2n) is 5.71. The summed E-state index contributed by atoms with van der Waals surface area (Å²) >= 11 is 0. The van der Waals surface area contributed by atoms with Crippen LogP contribution in [0.5, 0.6) is 5.75 Å². The monoisotopic (exact) mass is 334 g/mol. The fraction of sp³-hybridized carbons (Fsp3) is 0.222. The van der Waals surface area contributed by atoms with E-state index in [-0.39, 0.29) is 18.2 Å². The molecule has 2 N–H and O–H groups in total. The maximum atomic E-state index is 13.8. The Morgan fingerprint density at radius 1 is 1.04 bits per heavy atom. The van der Waals surface area contributed by atoms with E-state index in [0.717, 1.165) is 17.7 Å². The topological polar surface area (TPSA) is 38.5 Å². The van der Waals surface area contributed by atoms with Crippen LogP contribution >= 0.6 is 0 Å². The van der Waals surface area contributed by atoms with Crippen LogP contribution in [-0.2, 0) is 6.42 Å². The zero-order valence-corrected chi connectivity index (χ0v) is 13.2. The van der Waals surface area contributed by atoms with Gasteiger partial charge < -0.3 is 9.75 Å². The standard InChI is InChI=1S/C18H17F3N2O/c1-23(22)18-12(7-6-11-4-2-3-5-14(11)19)10-24-17-9-16(21)15(20)8-13(17)18/h2-5,8-9H,6-7,10,22H2,1H3. The van der Waals surface area contributed by atoms with E-state index >= 15 is 0 Å². The van der Waals surface area contributed by atoms with Gasteiger partial charge in [0.15, 0.2) is 11.6 Å². The molecule has 126 valence electrons. The van der Waals surface area contributed by atoms with Crippen molar-refractivity contribution in [3.8, 4) is 5.75 Å². The van der Waals surface area contributed by atoms with E-state index in [9.17, 15) is 13.2 Å². The van der Waals surface area contributed by atoms with Crippen molar-refractivity contribution in [3.63, 3.8) is 0 Å². The Bertz CT molecular complexity index is 803. The fourth-order valence-electron chi connectivity index (χ4n) is 2.87. The van der Waals surface area contributed by atoms with E-state index in [1.165, 1.54) is 11.1 Å². The fourth-order valence-corrected chi connectivity index (χ4v) is 2.87. The molecule has 0 saturated heterocycles. The summed E-state index contributed by atoms with van der Waals surface area (Å²) in [5, 5.41) is 1.36. The molecule has 0 spiro atoms. The van der Waals surface area contributed by atoms with Crippen LogP contribution in [0.1, 0.15) is 17.5 Å². The van der Waals surface area contributed by atoms with Crippen molar-refractivity contribution in [1.29, 1.82) is 0 Å². The van der Waals surface area contributed by atoms with Crippen molar-refractivity contribution in [2.24, 2.45) is 5.84 Å². The number of ether oxygens (including phenoxy) is 1. The maximum Gasteiger partial charge on any atom is 0.162 e. The lowest BCUT2D eigenvalue weighted by molar-refractivity contribution is 0.327. The van der Waals surface area contributed by atoms with Crippen LogP contribution in [0.25, 0.3) is 5.70 Å². The van der Waals surface area contributed by atoms with Gasteiger partial charge in [0.05, 0.1) is 5.70 Å². The number of hydrogen-bond acceptors (Lipinski definition) is 3. The highest BCUT2D eigenvalue weighted by Gasteiger charge is 2.24. The lowest BCUT2D eigenvalue weighted by Gasteiger charge is -2.28. The normalized spacial score (nSPS) is 13.5. The van der Waals surface area contributed by atoms with Crippen LogP contribution < -0.4 is 10.6 Å². The number of halogens is 3. The van der Waals surface area contributed by atoms with Gasteiger partial charge in [-0.25, -0.2) is 19.0 Å². The first-order valence-corrected chi connectivity index (χ1v) is 7.53. The van der Waals surface area contributed by atoms with E-state index in [0.29, 0.717) is 29.7 Å². The van der Waals surface area contributed by atoms with Crippen LogP contribution in [0.3, 0.4) is 0 Å². The van der Waals surface area contributed by atoms with Gasteiger partial charge in [-0.15, -0.1) is 0 Å². The molecule has 24 heavy (non-hydrogen) atoms. The average Bonchev–Trinajstić information content (AvgIpc) is 2.54. The molecule has 0 bridgehead atoms. The molecule has 6 heteroatoms. The number of hydrogen-bond donors (Lipinski definition) is 1. The molecule has 0 aromatic heterocycles. The Hall–Kier alpha value is -2.47. The number of benzene rings is 2. The molecule has 2 aromatic rings. The van der Waals surface area contributed by atoms with E-state index in [2.05, 4.69) is 0 Å². The van der Waals surface area contributed by atoms with Gasteiger partial charge in [0, 0.05) is 18.7 Å². The Morgan fingerprint density at radius 3 is 2.46 bits per heavy atom. The van der Waals surface area contributed by atoms with Gasteiger partial charge in [0.25, 0.3) is 0 Å². The average molecular weight is 334 g/mol. The molecule has 0 aliphatic carbocycles. The number of hydrazine groups is 1. The molecule has 0 unspecified atom stereocenters. The van der Waals surface area contributed by atoms with Gasteiger partial charge in [0.1, 0.15) is 18.2 Å². The summed E-state index contributed by atoms with van der Waals surface area (Å²) in [4.78, 5) is 0. The summed E-state index contributed by atoms with van der Waals surface area (Å²) < 4.78 is 46.3. The summed E-state index contributed by atoms with van der Waals surface area (Å²) in [5.41, 5.74) is 2.36. The van der Waals surface area contributed by atoms with E-state index < -0.39 is 11.6 Å². The van der Waals surface area contributed by atoms with Crippen LogP contribution in [0.4, 0.5) is 13.2 Å². The smallest absolute Gasteiger partial charge is 0.162 e. The molecule has 0 saturated carbocycles. The third-order valence-electron chi connectivity index (χ3n) is 4.02. The highest BCUT2D eigenvalue weighted by Crippen LogP contribution is 2.36. The summed E-state index contributed by atoms with van der Waals surface area (Å²) in [5.74, 6) is 3.93. The highest BCUT2D eigenvalue weighted by molar-refractivity contribution is 5.73. The molecule has 1 aliphatic rings. The first-order chi connectivity index (χ1) is 11.5. The molecule has 0 fully saturated rings. The number of nitrogens with zero attached hydrogens (tertiary/aromatic N) is 1. The predicted octanol–water partition coefficient (Wildman–Crippen LogP) is 3.65. The summed E-state index contributed by atoms with van der Waals surface area (Å²) in [6.45, 7) is 0.198. The molecule has 3 rings (SSSR count). The van der Waals surface area contributed by atoms with Gasteiger partial charge in [-0.1, -0.05) is 18.2 Å². The molecule has 0 radical (unpaired) electrons. The van der Waals surface area contributed by atoms with Crippen molar-refractivity contribution in [2.45, 2.75) is 12.8 Å². The predicted molar refractivity (Wildman–Crippen MR) is 85.4 cm³/mol. The number of nitrogens with two attached hydrogens (primary N) is 1. The summed E-state index contributed by atoms with van der Waals surface area (Å²) in [6.07, 6.45) is 0.956. The minimum absolute atomic E-state index is 0.198. The third-order valence-corrected chi connectivity index (χ3v) is 4.02. The Morgan fingerprint density at radius 2 is 1.75 bits per heavy atom. The second-order valence-corrected chi connectivity index (χ2v) is 5.71. The Kier molecular flexibility index (Phi) is 4.49. The van der Waals surface area contributed by atoms with Crippen molar-refractivity contribution < 1.29 is 17.9 Å². The second kappa shape index (κ2) is 6.57. The zero-order valence-electron chi connectivity index (χ0n) is 13.2. The number of fused-ring (bicyclic) bond motifs is 1. The van der Waals surface area contributed by atoms with Gasteiger partial charge in [0.2, 0.25) is 0 Å². The van der Waals surface area contributed by atoms with Gasteiger partial charge in [-0.3, -0.25) is 0 Å². The minimum Gasteiger partial charge on any atom is -0.488 e. The van der Waals surface area contributed by atoms with Crippen LogP contribution in [0.2, 0.25) is 0 Å². The van der Waals surface area contributed by atoms with Crippen LogP contribution in [-0.4, -0.2) is 18.7 Å². The van der Waals surface area contributed by atoms with E-state index in [1.807, 2.05) is 0 Å². The first kappa shape index (κ1) is 16.4. The maximum absolute atomic E-state index is 13.8. The van der Waals surface area contributed by atoms with Gasteiger partial charge >= 0.3 is 0 Å². The van der Waals surface area contributed by atoms with Crippen LogP contribution in [0, 0.1) is 17.5 Å². The Labute approximate surface area is 138 Å². The lowest BCUT2D eigenvalue weighted by atomic mass is 9.97. The largest absolute Gasteiger partial charge is 0.488 e. The molecule has 0 amide bonds. The van der Waals surface area contributed by atoms with E-state index in [1.54, 1.807) is 25.2 Å². The highest BCUT2D eigenvalue weighted by atomic mass is 19.2. The SMILES string of the molecule is CN(N)C1=C(CCc2ccccc2F)COc2cc(F)c(F)cc21. The minimum atomic E-state index is -0.970. The quantitative estimate of drug-likeness (QED) is 0.685. The molecular weight excluding hydrogens is 317 g/mol. The van der Waals surface area contributed by atoms with Crippen molar-refractivity contribution in [1.82, 2.24) is 5.01 Å². The zero-order chi connectivity index (χ0) is 17.3. The lowest BCUT2D eigenvalue weighted by Crippen LogP contribution is -2.29. The Balaban J connectivity index is 1.95. The third kappa shape index (κ3) is 3.10. The van der Waals surface area contributed by atoms with E-state index in [4.69, 9.17) is 10.6 Å². The number of rotatable bonds is 4. The molecule has 3 nitrogen and oxygen atoms in total. The van der Waals surface area contributed by atoms with Gasteiger partial charge in [-0.05, 0) is 36.1 Å². The van der Waals surface area contributed by atoms with Crippen molar-refractivity contribution in [3.05, 3.63) is 70.5 Å². The van der Waals surface area contributed by atoms with Crippen LogP contribution in [0.15, 0.2) is 42.0 Å². The summed E-state index contributed by atoms with van der Waals surface area (Å²) in [6, 6.07) is 8.62. The van der Waals surface area contributed by atoms with Crippen molar-refractivity contribution >= 4 is 5.70 Å². The molecular formula is C18H17F3N2O. The molecule has 1 aliphatic heterocycles. The van der Waals surface area contributed by atoms with Gasteiger partial charge in [-0.2, -0.15) is 0 Å². The molecule has 1 heterocycles. The summed E-state index contributed by atoms with van der Waals surface area (Å²) in [7, 11) is 1.62. The number of aryl methyl sites for hydroxylation is 1. The molecule has 2 aromatic carbocycles.